The molecule has 0 aromatic heterocycles. The van der Waals surface area contributed by atoms with E-state index < -0.39 is 0 Å². The normalized spacial score (nSPS) is 29.2. The van der Waals surface area contributed by atoms with Gasteiger partial charge in [0.1, 0.15) is 0 Å². The second-order valence-electron chi connectivity index (χ2n) is 5.36. The zero-order valence-corrected chi connectivity index (χ0v) is 10.7. The predicted molar refractivity (Wildman–Crippen MR) is 73.0 cm³/mol. The van der Waals surface area contributed by atoms with Gasteiger partial charge in [0, 0.05) is 19.1 Å². The molecule has 0 amide bonds. The lowest BCUT2D eigenvalue weighted by Crippen LogP contribution is -2.38. The standard InChI is InChI=1S/C15H24N2/c1-12-9-14(13-5-3-2-4-6-13)11-15(10-12)17-8-7-16/h2-6,12,14-15,17H,7-11,16H2,1H3. The molecule has 3 N–H and O–H groups in total. The van der Waals surface area contributed by atoms with E-state index in [2.05, 4.69) is 42.6 Å². The van der Waals surface area contributed by atoms with Crippen LogP contribution in [0.1, 0.15) is 37.7 Å². The fourth-order valence-corrected chi connectivity index (χ4v) is 3.06. The van der Waals surface area contributed by atoms with Gasteiger partial charge in [0.2, 0.25) is 0 Å². The number of nitrogens with two attached hydrogens (primary N) is 1. The SMILES string of the molecule is CC1CC(NCCN)CC(c2ccccc2)C1. The first-order valence-corrected chi connectivity index (χ1v) is 6.78. The van der Waals surface area contributed by atoms with Crippen molar-refractivity contribution in [3.05, 3.63) is 35.9 Å². The zero-order chi connectivity index (χ0) is 12.1. The van der Waals surface area contributed by atoms with Gasteiger partial charge in [0.05, 0.1) is 0 Å². The fourth-order valence-electron chi connectivity index (χ4n) is 3.06. The topological polar surface area (TPSA) is 38.0 Å². The summed E-state index contributed by atoms with van der Waals surface area (Å²) in [6, 6.07) is 11.6. The van der Waals surface area contributed by atoms with Crippen molar-refractivity contribution in [2.45, 2.75) is 38.1 Å². The van der Waals surface area contributed by atoms with Crippen LogP contribution in [0.5, 0.6) is 0 Å². The van der Waals surface area contributed by atoms with Crippen molar-refractivity contribution in [1.82, 2.24) is 5.32 Å². The van der Waals surface area contributed by atoms with Crippen molar-refractivity contribution in [2.75, 3.05) is 13.1 Å². The van der Waals surface area contributed by atoms with Gasteiger partial charge in [0.15, 0.2) is 0 Å². The molecule has 1 aromatic rings. The Morgan fingerprint density at radius 3 is 2.65 bits per heavy atom. The second-order valence-corrected chi connectivity index (χ2v) is 5.36. The quantitative estimate of drug-likeness (QED) is 0.837. The van der Waals surface area contributed by atoms with Crippen LogP contribution >= 0.6 is 0 Å². The molecule has 0 spiro atoms. The summed E-state index contributed by atoms with van der Waals surface area (Å²) in [5, 5.41) is 3.58. The van der Waals surface area contributed by atoms with Crippen molar-refractivity contribution in [3.8, 4) is 0 Å². The Bertz CT molecular complexity index is 323. The molecular weight excluding hydrogens is 208 g/mol. The van der Waals surface area contributed by atoms with Crippen LogP contribution in [0.2, 0.25) is 0 Å². The van der Waals surface area contributed by atoms with Gasteiger partial charge >= 0.3 is 0 Å². The Balaban J connectivity index is 1.98. The summed E-state index contributed by atoms with van der Waals surface area (Å²) in [6.45, 7) is 4.05. The third-order valence-electron chi connectivity index (χ3n) is 3.79. The summed E-state index contributed by atoms with van der Waals surface area (Å²) in [4.78, 5) is 0. The Hall–Kier alpha value is -0.860. The average molecular weight is 232 g/mol. The van der Waals surface area contributed by atoms with E-state index in [0.29, 0.717) is 6.04 Å². The molecule has 3 unspecified atom stereocenters. The number of hydrogen-bond acceptors (Lipinski definition) is 2. The third kappa shape index (κ3) is 3.55. The molecule has 1 saturated carbocycles. The van der Waals surface area contributed by atoms with E-state index >= 15 is 0 Å². The molecule has 0 radical (unpaired) electrons. The molecule has 2 rings (SSSR count). The largest absolute Gasteiger partial charge is 0.329 e. The van der Waals surface area contributed by atoms with E-state index in [9.17, 15) is 0 Å². The van der Waals surface area contributed by atoms with Crippen LogP contribution < -0.4 is 11.1 Å². The van der Waals surface area contributed by atoms with Crippen LogP contribution in [0.4, 0.5) is 0 Å². The highest BCUT2D eigenvalue weighted by molar-refractivity contribution is 5.20. The van der Waals surface area contributed by atoms with Crippen LogP contribution in [0.25, 0.3) is 0 Å². The van der Waals surface area contributed by atoms with Gasteiger partial charge in [-0.1, -0.05) is 37.3 Å². The average Bonchev–Trinajstić information content (AvgIpc) is 2.37. The molecule has 0 heterocycles. The predicted octanol–water partition coefficient (Wildman–Crippen LogP) is 2.51. The molecule has 1 fully saturated rings. The maximum absolute atomic E-state index is 5.56. The van der Waals surface area contributed by atoms with Crippen molar-refractivity contribution < 1.29 is 0 Å². The Morgan fingerprint density at radius 2 is 1.94 bits per heavy atom. The highest BCUT2D eigenvalue weighted by atomic mass is 14.9. The summed E-state index contributed by atoms with van der Waals surface area (Å²) in [7, 11) is 0. The van der Waals surface area contributed by atoms with Gasteiger partial charge in [-0.3, -0.25) is 0 Å². The van der Waals surface area contributed by atoms with Gasteiger partial charge in [-0.05, 0) is 36.7 Å². The van der Waals surface area contributed by atoms with Gasteiger partial charge in [-0.25, -0.2) is 0 Å². The molecule has 1 aromatic carbocycles. The summed E-state index contributed by atoms with van der Waals surface area (Å²) in [5.74, 6) is 1.53. The highest BCUT2D eigenvalue weighted by Gasteiger charge is 2.26. The first-order chi connectivity index (χ1) is 8.29. The molecule has 0 saturated heterocycles. The fraction of sp³-hybridized carbons (Fsp3) is 0.600. The lowest BCUT2D eigenvalue weighted by atomic mass is 9.76. The van der Waals surface area contributed by atoms with Crippen LogP contribution in [-0.2, 0) is 0 Å². The number of benzene rings is 1. The van der Waals surface area contributed by atoms with Crippen LogP contribution in [0.3, 0.4) is 0 Å². The highest BCUT2D eigenvalue weighted by Crippen LogP contribution is 2.35. The van der Waals surface area contributed by atoms with Gasteiger partial charge in [-0.15, -0.1) is 0 Å². The number of nitrogens with one attached hydrogen (secondary N) is 1. The van der Waals surface area contributed by atoms with Crippen molar-refractivity contribution in [2.24, 2.45) is 11.7 Å². The molecule has 3 atom stereocenters. The minimum Gasteiger partial charge on any atom is -0.329 e. The van der Waals surface area contributed by atoms with Crippen molar-refractivity contribution in [3.63, 3.8) is 0 Å². The maximum Gasteiger partial charge on any atom is 0.00771 e. The third-order valence-corrected chi connectivity index (χ3v) is 3.79. The van der Waals surface area contributed by atoms with Crippen LogP contribution in [0, 0.1) is 5.92 Å². The Labute approximate surface area is 105 Å². The van der Waals surface area contributed by atoms with Crippen LogP contribution in [-0.4, -0.2) is 19.1 Å². The molecule has 2 heteroatoms. The van der Waals surface area contributed by atoms with E-state index in [4.69, 9.17) is 5.73 Å². The molecule has 0 bridgehead atoms. The van der Waals surface area contributed by atoms with Gasteiger partial charge < -0.3 is 11.1 Å². The van der Waals surface area contributed by atoms with Gasteiger partial charge in [-0.2, -0.15) is 0 Å². The Kier molecular flexibility index (Phi) is 4.57. The number of rotatable bonds is 4. The Morgan fingerprint density at radius 1 is 1.18 bits per heavy atom. The minimum absolute atomic E-state index is 0.646. The van der Waals surface area contributed by atoms with Crippen LogP contribution in [0.15, 0.2) is 30.3 Å². The van der Waals surface area contributed by atoms with Crippen molar-refractivity contribution in [1.29, 1.82) is 0 Å². The second kappa shape index (κ2) is 6.18. The molecule has 0 aliphatic heterocycles. The first-order valence-electron chi connectivity index (χ1n) is 6.78. The lowest BCUT2D eigenvalue weighted by molar-refractivity contribution is 0.274. The molecule has 17 heavy (non-hydrogen) atoms. The van der Waals surface area contributed by atoms with E-state index in [1.54, 1.807) is 0 Å². The summed E-state index contributed by atoms with van der Waals surface area (Å²) >= 11 is 0. The van der Waals surface area contributed by atoms with Gasteiger partial charge in [0.25, 0.3) is 0 Å². The summed E-state index contributed by atoms with van der Waals surface area (Å²) < 4.78 is 0. The summed E-state index contributed by atoms with van der Waals surface area (Å²) in [6.07, 6.45) is 3.88. The molecular formula is C15H24N2. The monoisotopic (exact) mass is 232 g/mol. The zero-order valence-electron chi connectivity index (χ0n) is 10.7. The maximum atomic E-state index is 5.56. The smallest absolute Gasteiger partial charge is 0.00771 e. The van der Waals surface area contributed by atoms with E-state index in [-0.39, 0.29) is 0 Å². The van der Waals surface area contributed by atoms with Crippen molar-refractivity contribution >= 4 is 0 Å². The van der Waals surface area contributed by atoms with E-state index in [1.165, 1.54) is 24.8 Å². The van der Waals surface area contributed by atoms with E-state index in [1.807, 2.05) is 0 Å². The summed E-state index contributed by atoms with van der Waals surface area (Å²) in [5.41, 5.74) is 7.06. The molecule has 1 aliphatic rings. The first kappa shape index (κ1) is 12.6. The minimum atomic E-state index is 0.646. The molecule has 94 valence electrons. The molecule has 1 aliphatic carbocycles. The number of hydrogen-bond donors (Lipinski definition) is 2. The lowest BCUT2D eigenvalue weighted by Gasteiger charge is -2.34. The van der Waals surface area contributed by atoms with E-state index in [0.717, 1.165) is 24.9 Å². The molecule has 2 nitrogen and oxygen atoms in total.